The SMILES string of the molecule is Nc1onc(C2CCC2)c1-c1ccncc1. The molecule has 2 aromatic heterocycles. The lowest BCUT2D eigenvalue weighted by Crippen LogP contribution is -2.10. The standard InChI is InChI=1S/C12H13N3O/c13-12-10(8-4-6-14-7-5-8)11(15-16-12)9-2-1-3-9/h4-7,9H,1-3,13H2. The summed E-state index contributed by atoms with van der Waals surface area (Å²) in [5.74, 6) is 0.928. The summed E-state index contributed by atoms with van der Waals surface area (Å²) in [6, 6.07) is 3.87. The lowest BCUT2D eigenvalue weighted by atomic mass is 9.80. The Hall–Kier alpha value is -1.84. The molecular weight excluding hydrogens is 202 g/mol. The molecule has 82 valence electrons. The maximum absolute atomic E-state index is 5.84. The maximum Gasteiger partial charge on any atom is 0.230 e. The van der Waals surface area contributed by atoms with Crippen LogP contribution in [0.15, 0.2) is 29.0 Å². The van der Waals surface area contributed by atoms with Crippen LogP contribution in [0, 0.1) is 0 Å². The van der Waals surface area contributed by atoms with Crippen molar-refractivity contribution in [2.24, 2.45) is 0 Å². The summed E-state index contributed by atoms with van der Waals surface area (Å²) >= 11 is 0. The molecule has 0 radical (unpaired) electrons. The summed E-state index contributed by atoms with van der Waals surface area (Å²) in [5, 5.41) is 4.09. The number of aromatic nitrogens is 2. The van der Waals surface area contributed by atoms with Gasteiger partial charge in [0.15, 0.2) is 0 Å². The molecular formula is C12H13N3O. The first-order valence-corrected chi connectivity index (χ1v) is 5.51. The van der Waals surface area contributed by atoms with Crippen LogP contribution in [-0.4, -0.2) is 10.1 Å². The summed E-state index contributed by atoms with van der Waals surface area (Å²) in [6.07, 6.45) is 7.15. The van der Waals surface area contributed by atoms with Gasteiger partial charge >= 0.3 is 0 Å². The third-order valence-electron chi connectivity index (χ3n) is 3.21. The second-order valence-corrected chi connectivity index (χ2v) is 4.17. The molecule has 4 heteroatoms. The highest BCUT2D eigenvalue weighted by Gasteiger charge is 2.28. The van der Waals surface area contributed by atoms with Gasteiger partial charge in [-0.3, -0.25) is 4.98 Å². The minimum absolute atomic E-state index is 0.410. The average Bonchev–Trinajstić information content (AvgIpc) is 2.59. The number of hydrogen-bond acceptors (Lipinski definition) is 4. The lowest BCUT2D eigenvalue weighted by Gasteiger charge is -2.23. The molecule has 1 aliphatic rings. The van der Waals surface area contributed by atoms with Gasteiger partial charge in [-0.2, -0.15) is 0 Å². The van der Waals surface area contributed by atoms with Crippen molar-refractivity contribution in [3.8, 4) is 11.1 Å². The third-order valence-corrected chi connectivity index (χ3v) is 3.21. The molecule has 1 fully saturated rings. The molecule has 0 saturated heterocycles. The van der Waals surface area contributed by atoms with Gasteiger partial charge in [-0.05, 0) is 30.5 Å². The Morgan fingerprint density at radius 2 is 2.00 bits per heavy atom. The van der Waals surface area contributed by atoms with E-state index in [4.69, 9.17) is 10.3 Å². The molecule has 0 aliphatic heterocycles. The largest absolute Gasteiger partial charge is 0.367 e. The topological polar surface area (TPSA) is 64.9 Å². The summed E-state index contributed by atoms with van der Waals surface area (Å²) in [4.78, 5) is 4.00. The van der Waals surface area contributed by atoms with Crippen LogP contribution in [0.5, 0.6) is 0 Å². The molecule has 2 aromatic rings. The van der Waals surface area contributed by atoms with Gasteiger partial charge in [0.25, 0.3) is 0 Å². The molecule has 2 N–H and O–H groups in total. The highest BCUT2D eigenvalue weighted by atomic mass is 16.5. The van der Waals surface area contributed by atoms with Crippen LogP contribution in [0.4, 0.5) is 5.88 Å². The van der Waals surface area contributed by atoms with Crippen molar-refractivity contribution in [3.05, 3.63) is 30.2 Å². The van der Waals surface area contributed by atoms with Crippen molar-refractivity contribution in [2.45, 2.75) is 25.2 Å². The molecule has 2 heterocycles. The first kappa shape index (κ1) is 9.39. The number of pyridine rings is 1. The zero-order valence-electron chi connectivity index (χ0n) is 8.89. The van der Waals surface area contributed by atoms with E-state index in [1.807, 2.05) is 12.1 Å². The van der Waals surface area contributed by atoms with Crippen LogP contribution in [0.2, 0.25) is 0 Å². The van der Waals surface area contributed by atoms with E-state index in [-0.39, 0.29) is 0 Å². The first-order valence-electron chi connectivity index (χ1n) is 5.51. The molecule has 1 aliphatic carbocycles. The highest BCUT2D eigenvalue weighted by molar-refractivity contribution is 5.75. The number of anilines is 1. The lowest BCUT2D eigenvalue weighted by molar-refractivity contribution is 0.369. The number of nitrogens with two attached hydrogens (primary N) is 1. The van der Waals surface area contributed by atoms with Crippen LogP contribution >= 0.6 is 0 Å². The predicted octanol–water partition coefficient (Wildman–Crippen LogP) is 2.59. The van der Waals surface area contributed by atoms with Crippen molar-refractivity contribution < 1.29 is 4.52 Å². The Bertz CT molecular complexity index is 488. The molecule has 16 heavy (non-hydrogen) atoms. The van der Waals surface area contributed by atoms with Crippen molar-refractivity contribution in [2.75, 3.05) is 5.73 Å². The minimum atomic E-state index is 0.410. The zero-order chi connectivity index (χ0) is 11.0. The van der Waals surface area contributed by atoms with E-state index >= 15 is 0 Å². The fourth-order valence-electron chi connectivity index (χ4n) is 2.08. The zero-order valence-corrected chi connectivity index (χ0v) is 8.89. The van der Waals surface area contributed by atoms with E-state index in [1.54, 1.807) is 12.4 Å². The highest BCUT2D eigenvalue weighted by Crippen LogP contribution is 2.42. The normalized spacial score (nSPS) is 16.0. The van der Waals surface area contributed by atoms with Gasteiger partial charge < -0.3 is 10.3 Å². The Morgan fingerprint density at radius 3 is 2.62 bits per heavy atom. The quantitative estimate of drug-likeness (QED) is 0.836. The van der Waals surface area contributed by atoms with Gasteiger partial charge in [-0.25, -0.2) is 0 Å². The van der Waals surface area contributed by atoms with E-state index in [1.165, 1.54) is 19.3 Å². The Labute approximate surface area is 93.5 Å². The van der Waals surface area contributed by atoms with Crippen LogP contribution < -0.4 is 5.73 Å². The first-order chi connectivity index (χ1) is 7.86. The molecule has 0 amide bonds. The number of hydrogen-bond donors (Lipinski definition) is 1. The van der Waals surface area contributed by atoms with Gasteiger partial charge in [-0.1, -0.05) is 11.6 Å². The second kappa shape index (κ2) is 3.63. The van der Waals surface area contributed by atoms with E-state index in [2.05, 4.69) is 10.1 Å². The second-order valence-electron chi connectivity index (χ2n) is 4.17. The van der Waals surface area contributed by atoms with Gasteiger partial charge in [0.2, 0.25) is 5.88 Å². The fourth-order valence-corrected chi connectivity index (χ4v) is 2.08. The van der Waals surface area contributed by atoms with Crippen LogP contribution in [0.3, 0.4) is 0 Å². The van der Waals surface area contributed by atoms with E-state index in [0.29, 0.717) is 11.8 Å². The molecule has 1 saturated carbocycles. The van der Waals surface area contributed by atoms with Gasteiger partial charge in [-0.15, -0.1) is 0 Å². The summed E-state index contributed by atoms with van der Waals surface area (Å²) in [6.45, 7) is 0. The van der Waals surface area contributed by atoms with E-state index in [9.17, 15) is 0 Å². The fraction of sp³-hybridized carbons (Fsp3) is 0.333. The monoisotopic (exact) mass is 215 g/mol. The third kappa shape index (κ3) is 1.38. The van der Waals surface area contributed by atoms with Gasteiger partial charge in [0, 0.05) is 18.3 Å². The molecule has 4 nitrogen and oxygen atoms in total. The Kier molecular flexibility index (Phi) is 2.13. The minimum Gasteiger partial charge on any atom is -0.367 e. The number of nitrogens with zero attached hydrogens (tertiary/aromatic N) is 2. The van der Waals surface area contributed by atoms with Gasteiger partial charge in [0.05, 0.1) is 11.3 Å². The summed E-state index contributed by atoms with van der Waals surface area (Å²) in [7, 11) is 0. The molecule has 3 rings (SSSR count). The molecule has 0 spiro atoms. The average molecular weight is 215 g/mol. The van der Waals surface area contributed by atoms with Crippen molar-refractivity contribution in [1.29, 1.82) is 0 Å². The Morgan fingerprint density at radius 1 is 1.25 bits per heavy atom. The van der Waals surface area contributed by atoms with Crippen LogP contribution in [-0.2, 0) is 0 Å². The van der Waals surface area contributed by atoms with Crippen molar-refractivity contribution in [3.63, 3.8) is 0 Å². The number of rotatable bonds is 2. The number of nitrogen functional groups attached to an aromatic ring is 1. The molecule has 0 atom stereocenters. The maximum atomic E-state index is 5.84. The Balaban J connectivity index is 2.08. The summed E-state index contributed by atoms with van der Waals surface area (Å²) in [5.41, 5.74) is 8.84. The van der Waals surface area contributed by atoms with Crippen LogP contribution in [0.25, 0.3) is 11.1 Å². The van der Waals surface area contributed by atoms with Crippen LogP contribution in [0.1, 0.15) is 30.9 Å². The smallest absolute Gasteiger partial charge is 0.230 e. The molecule has 0 unspecified atom stereocenters. The van der Waals surface area contributed by atoms with Crippen molar-refractivity contribution in [1.82, 2.24) is 10.1 Å². The van der Waals surface area contributed by atoms with E-state index in [0.717, 1.165) is 16.8 Å². The molecule has 0 aromatic carbocycles. The van der Waals surface area contributed by atoms with Crippen molar-refractivity contribution >= 4 is 5.88 Å². The predicted molar refractivity (Wildman–Crippen MR) is 60.7 cm³/mol. The van der Waals surface area contributed by atoms with Gasteiger partial charge in [0.1, 0.15) is 0 Å². The van der Waals surface area contributed by atoms with E-state index < -0.39 is 0 Å². The molecule has 0 bridgehead atoms. The summed E-state index contributed by atoms with van der Waals surface area (Å²) < 4.78 is 5.11.